The number of hydrogen-bond donors (Lipinski definition) is 3. The summed E-state index contributed by atoms with van der Waals surface area (Å²) in [5, 5.41) is 7.82. The largest absolute Gasteiger partial charge is 0.370 e. The molecule has 0 unspecified atom stereocenters. The molecule has 0 amide bonds. The topological polar surface area (TPSA) is 91.5 Å². The Balaban J connectivity index is 2.32. The predicted molar refractivity (Wildman–Crippen MR) is 65.6 cm³/mol. The number of benzene rings is 1. The lowest BCUT2D eigenvalue weighted by atomic mass is 10.0. The molecule has 84 valence electrons. The van der Waals surface area contributed by atoms with Gasteiger partial charge in [-0.3, -0.25) is 5.41 Å². The fraction of sp³-hybridized carbons (Fsp3) is 0.273. The molecule has 0 radical (unpaired) electrons. The van der Waals surface area contributed by atoms with E-state index in [0.29, 0.717) is 0 Å². The lowest BCUT2D eigenvalue weighted by molar-refractivity contribution is 0.773. The van der Waals surface area contributed by atoms with E-state index in [1.165, 1.54) is 5.56 Å². The number of para-hydroxylation sites is 1. The molecule has 0 aromatic heterocycles. The van der Waals surface area contributed by atoms with Crippen LogP contribution in [0.1, 0.15) is 12.0 Å². The van der Waals surface area contributed by atoms with Crippen LogP contribution in [0.2, 0.25) is 0 Å². The van der Waals surface area contributed by atoms with E-state index in [9.17, 15) is 0 Å². The van der Waals surface area contributed by atoms with Gasteiger partial charge in [0.2, 0.25) is 5.96 Å². The monoisotopic (exact) mass is 217 g/mol. The molecule has 5 heteroatoms. The molecule has 0 atom stereocenters. The summed E-state index contributed by atoms with van der Waals surface area (Å²) in [5.74, 6) is 0.0280. The molecular weight excluding hydrogens is 202 g/mol. The summed E-state index contributed by atoms with van der Waals surface area (Å²) in [6.45, 7) is 0.784. The molecule has 0 bridgehead atoms. The quantitative estimate of drug-likeness (QED) is 0.440. The number of aliphatic imine (C=N–C) groups is 1. The smallest absolute Gasteiger partial charge is 0.225 e. The highest BCUT2D eigenvalue weighted by Gasteiger charge is 2.19. The summed E-state index contributed by atoms with van der Waals surface area (Å²) in [6.07, 6.45) is 2.06. The molecule has 1 aliphatic heterocycles. The predicted octanol–water partition coefficient (Wildman–Crippen LogP) is 0.647. The third kappa shape index (κ3) is 1.98. The summed E-state index contributed by atoms with van der Waals surface area (Å²) in [7, 11) is 0. The van der Waals surface area contributed by atoms with Crippen LogP contribution in [0.5, 0.6) is 0 Å². The fourth-order valence-corrected chi connectivity index (χ4v) is 1.94. The van der Waals surface area contributed by atoms with Crippen LogP contribution in [-0.2, 0) is 6.42 Å². The molecule has 5 nitrogen and oxygen atoms in total. The number of nitrogens with zero attached hydrogens (tertiary/aromatic N) is 2. The van der Waals surface area contributed by atoms with Crippen LogP contribution < -0.4 is 16.4 Å². The summed E-state index contributed by atoms with van der Waals surface area (Å²) in [4.78, 5) is 5.61. The molecule has 0 saturated heterocycles. The third-order valence-electron chi connectivity index (χ3n) is 2.60. The zero-order valence-corrected chi connectivity index (χ0v) is 8.98. The van der Waals surface area contributed by atoms with E-state index in [2.05, 4.69) is 11.1 Å². The van der Waals surface area contributed by atoms with E-state index in [4.69, 9.17) is 16.9 Å². The van der Waals surface area contributed by atoms with Crippen molar-refractivity contribution in [3.63, 3.8) is 0 Å². The molecule has 5 N–H and O–H groups in total. The molecule has 0 spiro atoms. The van der Waals surface area contributed by atoms with Crippen LogP contribution in [-0.4, -0.2) is 18.5 Å². The van der Waals surface area contributed by atoms with E-state index < -0.39 is 0 Å². The Hall–Kier alpha value is -2.04. The molecule has 0 fully saturated rings. The molecular formula is C11H15N5. The number of guanidine groups is 2. The highest BCUT2D eigenvalue weighted by Crippen LogP contribution is 2.26. The Morgan fingerprint density at radius 1 is 1.31 bits per heavy atom. The van der Waals surface area contributed by atoms with Gasteiger partial charge in [0, 0.05) is 12.2 Å². The second-order valence-electron chi connectivity index (χ2n) is 3.74. The van der Waals surface area contributed by atoms with Crippen molar-refractivity contribution in [2.24, 2.45) is 16.5 Å². The fourth-order valence-electron chi connectivity index (χ4n) is 1.94. The first-order chi connectivity index (χ1) is 7.68. The van der Waals surface area contributed by atoms with E-state index in [1.807, 2.05) is 23.1 Å². The Morgan fingerprint density at radius 3 is 2.81 bits per heavy atom. The van der Waals surface area contributed by atoms with Crippen molar-refractivity contribution >= 4 is 17.6 Å². The third-order valence-corrected chi connectivity index (χ3v) is 2.60. The van der Waals surface area contributed by atoms with Crippen molar-refractivity contribution in [3.8, 4) is 0 Å². The lowest BCUT2D eigenvalue weighted by Crippen LogP contribution is -2.36. The van der Waals surface area contributed by atoms with Gasteiger partial charge in [0.1, 0.15) is 0 Å². The minimum atomic E-state index is -0.0759. The SMILES string of the molecule is N=C(N=C(N)N)N1CCCc2ccccc21. The Bertz CT molecular complexity index is 434. The first-order valence-corrected chi connectivity index (χ1v) is 5.22. The number of anilines is 1. The maximum Gasteiger partial charge on any atom is 0.225 e. The summed E-state index contributed by atoms with van der Waals surface area (Å²) in [6, 6.07) is 8.03. The molecule has 16 heavy (non-hydrogen) atoms. The zero-order chi connectivity index (χ0) is 11.5. The minimum absolute atomic E-state index is 0.0759. The molecule has 0 saturated carbocycles. The van der Waals surface area contributed by atoms with Gasteiger partial charge in [-0.05, 0) is 24.5 Å². The number of fused-ring (bicyclic) bond motifs is 1. The van der Waals surface area contributed by atoms with Gasteiger partial charge in [0.25, 0.3) is 0 Å². The van der Waals surface area contributed by atoms with Gasteiger partial charge in [-0.15, -0.1) is 0 Å². The number of hydrogen-bond acceptors (Lipinski definition) is 1. The van der Waals surface area contributed by atoms with Crippen molar-refractivity contribution in [2.75, 3.05) is 11.4 Å². The maximum absolute atomic E-state index is 7.82. The van der Waals surface area contributed by atoms with Crippen LogP contribution in [0.3, 0.4) is 0 Å². The van der Waals surface area contributed by atoms with Gasteiger partial charge in [-0.1, -0.05) is 18.2 Å². The van der Waals surface area contributed by atoms with Crippen molar-refractivity contribution < 1.29 is 0 Å². The van der Waals surface area contributed by atoms with Gasteiger partial charge in [0.15, 0.2) is 5.96 Å². The van der Waals surface area contributed by atoms with E-state index in [-0.39, 0.29) is 11.9 Å². The molecule has 0 aliphatic carbocycles. The van der Waals surface area contributed by atoms with Crippen molar-refractivity contribution in [2.45, 2.75) is 12.8 Å². The Labute approximate surface area is 94.3 Å². The van der Waals surface area contributed by atoms with Crippen molar-refractivity contribution in [1.29, 1.82) is 5.41 Å². The minimum Gasteiger partial charge on any atom is -0.370 e. The van der Waals surface area contributed by atoms with Gasteiger partial charge in [-0.2, -0.15) is 4.99 Å². The normalized spacial score (nSPS) is 14.1. The second kappa shape index (κ2) is 4.22. The molecule has 2 rings (SSSR count). The van der Waals surface area contributed by atoms with Crippen molar-refractivity contribution in [3.05, 3.63) is 29.8 Å². The Morgan fingerprint density at radius 2 is 2.06 bits per heavy atom. The number of aryl methyl sites for hydroxylation is 1. The van der Waals surface area contributed by atoms with Crippen molar-refractivity contribution in [1.82, 2.24) is 0 Å². The molecule has 1 aromatic carbocycles. The van der Waals surface area contributed by atoms with E-state index in [0.717, 1.165) is 25.1 Å². The number of nitrogens with two attached hydrogens (primary N) is 2. The zero-order valence-electron chi connectivity index (χ0n) is 8.98. The van der Waals surface area contributed by atoms with E-state index >= 15 is 0 Å². The van der Waals surface area contributed by atoms with Gasteiger partial charge in [-0.25, -0.2) is 0 Å². The van der Waals surface area contributed by atoms with Crippen LogP contribution in [0.4, 0.5) is 5.69 Å². The van der Waals surface area contributed by atoms with Crippen LogP contribution in [0.25, 0.3) is 0 Å². The second-order valence-corrected chi connectivity index (χ2v) is 3.74. The van der Waals surface area contributed by atoms with E-state index in [1.54, 1.807) is 0 Å². The first-order valence-electron chi connectivity index (χ1n) is 5.22. The van der Waals surface area contributed by atoms with Gasteiger partial charge in [0.05, 0.1) is 0 Å². The lowest BCUT2D eigenvalue weighted by Gasteiger charge is -2.29. The average molecular weight is 217 g/mol. The van der Waals surface area contributed by atoms with Gasteiger partial charge >= 0.3 is 0 Å². The first kappa shape index (κ1) is 10.5. The van der Waals surface area contributed by atoms with Crippen LogP contribution in [0.15, 0.2) is 29.3 Å². The number of rotatable bonds is 0. The van der Waals surface area contributed by atoms with Crippen LogP contribution in [0, 0.1) is 5.41 Å². The molecule has 1 aromatic rings. The van der Waals surface area contributed by atoms with Gasteiger partial charge < -0.3 is 16.4 Å². The summed E-state index contributed by atoms with van der Waals surface area (Å²) in [5.41, 5.74) is 12.8. The summed E-state index contributed by atoms with van der Waals surface area (Å²) < 4.78 is 0. The van der Waals surface area contributed by atoms with Crippen LogP contribution >= 0.6 is 0 Å². The highest BCUT2D eigenvalue weighted by molar-refractivity contribution is 6.01. The standard InChI is InChI=1S/C11H15N5/c12-10(13)15-11(14)16-7-3-5-8-4-1-2-6-9(8)16/h1-2,4,6H,3,5,7H2,(H5,12,13,14,15). The maximum atomic E-state index is 7.82. The number of nitrogens with one attached hydrogen (secondary N) is 1. The summed E-state index contributed by atoms with van der Waals surface area (Å²) >= 11 is 0. The average Bonchev–Trinajstić information content (AvgIpc) is 2.27. The Kier molecular flexibility index (Phi) is 2.76. The highest BCUT2D eigenvalue weighted by atomic mass is 15.3. The molecule has 1 heterocycles. The molecule has 1 aliphatic rings.